The molecule has 0 saturated carbocycles. The van der Waals surface area contributed by atoms with Crippen LogP contribution in [0, 0.1) is 5.92 Å². The zero-order valence-electron chi connectivity index (χ0n) is 13.9. The first-order chi connectivity index (χ1) is 11.4. The summed E-state index contributed by atoms with van der Waals surface area (Å²) in [6.45, 7) is 2.00. The molecule has 25 heavy (non-hydrogen) atoms. The Labute approximate surface area is 165 Å². The van der Waals surface area contributed by atoms with Crippen LogP contribution in [0.2, 0.25) is 0 Å². The number of nitrogens with zero attached hydrogens (tertiary/aromatic N) is 2. The van der Waals surface area contributed by atoms with Gasteiger partial charge in [0.15, 0.2) is 0 Å². The van der Waals surface area contributed by atoms with Gasteiger partial charge in [-0.05, 0) is 6.42 Å². The molecule has 0 amide bonds. The van der Waals surface area contributed by atoms with E-state index in [1.807, 2.05) is 0 Å². The molecular weight excluding hydrogens is 435 g/mol. The van der Waals surface area contributed by atoms with E-state index in [0.29, 0.717) is 18.7 Å². The number of hydrogen-bond donors (Lipinski definition) is 0. The predicted octanol–water partition coefficient (Wildman–Crippen LogP) is 3.17. The van der Waals surface area contributed by atoms with Gasteiger partial charge >= 0.3 is 53.5 Å². The summed E-state index contributed by atoms with van der Waals surface area (Å²) in [5.74, 6) is -0.365. The molecule has 2 aliphatic heterocycles. The van der Waals surface area contributed by atoms with Gasteiger partial charge in [-0.3, -0.25) is 4.79 Å². The van der Waals surface area contributed by atoms with Gasteiger partial charge in [-0.1, -0.05) is 25.1 Å². The van der Waals surface area contributed by atoms with Crippen molar-refractivity contribution in [1.29, 1.82) is 0 Å². The zero-order valence-corrected chi connectivity index (χ0v) is 17.5. The Morgan fingerprint density at radius 3 is 2.28 bits per heavy atom. The fourth-order valence-electron chi connectivity index (χ4n) is 1.83. The Kier molecular flexibility index (Phi) is 18.2. The van der Waals surface area contributed by atoms with Gasteiger partial charge < -0.3 is 25.6 Å². The van der Waals surface area contributed by atoms with Gasteiger partial charge in [0.25, 0.3) is 0 Å². The number of rotatable bonds is 2. The second kappa shape index (κ2) is 17.0. The van der Waals surface area contributed by atoms with Crippen molar-refractivity contribution in [1.82, 2.24) is 0 Å². The first-order valence-electron chi connectivity index (χ1n) is 6.97. The second-order valence-corrected chi connectivity index (χ2v) is 10.9. The average molecular weight is 457 g/mol. The summed E-state index contributed by atoms with van der Waals surface area (Å²) in [4.78, 5) is 21.7. The van der Waals surface area contributed by atoms with Crippen LogP contribution in [-0.4, -0.2) is 51.3 Å². The van der Waals surface area contributed by atoms with Crippen molar-refractivity contribution in [3.8, 4) is 0 Å². The molecule has 0 spiro atoms. The van der Waals surface area contributed by atoms with Gasteiger partial charge in [0.1, 0.15) is 0 Å². The minimum absolute atomic E-state index is 0. The molecule has 1 unspecified atom stereocenters. The van der Waals surface area contributed by atoms with Crippen LogP contribution in [-0.2, 0) is 30.4 Å². The maximum absolute atomic E-state index is 10.9. The van der Waals surface area contributed by atoms with Crippen LogP contribution in [0.1, 0.15) is 12.8 Å². The van der Waals surface area contributed by atoms with Crippen molar-refractivity contribution >= 4 is 42.1 Å². The van der Waals surface area contributed by atoms with Crippen LogP contribution in [0.3, 0.4) is 0 Å². The number of piperidine rings is 1. The SMILES string of the molecule is COC(=O)C1=CC=C[N-]C1.COC(=O)C1CCC[N-]C1.O.[Cl][Cr]([Cl])[Cl]. The Hall–Kier alpha value is -0.458. The number of esters is 2. The molecule has 1 atom stereocenters. The molecular formula is C14H22Cl3CrN2O5-2. The summed E-state index contributed by atoms with van der Waals surface area (Å²) < 4.78 is 9.08. The third kappa shape index (κ3) is 14.4. The third-order valence-corrected chi connectivity index (χ3v) is 2.95. The van der Waals surface area contributed by atoms with E-state index in [9.17, 15) is 9.59 Å². The summed E-state index contributed by atoms with van der Waals surface area (Å²) in [7, 11) is 17.6. The summed E-state index contributed by atoms with van der Waals surface area (Å²) in [5, 5.41) is 8.00. The van der Waals surface area contributed by atoms with Gasteiger partial charge in [0, 0.05) is 11.5 Å². The normalized spacial score (nSPS) is 18.0. The first-order valence-corrected chi connectivity index (χ1v) is 12.2. The second-order valence-electron chi connectivity index (χ2n) is 4.53. The molecule has 0 aromatic rings. The Morgan fingerprint density at radius 1 is 1.24 bits per heavy atom. The summed E-state index contributed by atoms with van der Waals surface area (Å²) in [6.07, 6.45) is 7.05. The molecule has 0 bridgehead atoms. The van der Waals surface area contributed by atoms with E-state index >= 15 is 0 Å². The summed E-state index contributed by atoms with van der Waals surface area (Å²) in [6, 6.07) is 0. The minimum atomic E-state index is -1.62. The number of carbonyl (C=O) groups is 2. The Bertz CT molecular complexity index is 441. The van der Waals surface area contributed by atoms with Crippen LogP contribution >= 0.6 is 30.1 Å². The predicted molar refractivity (Wildman–Crippen MR) is 96.5 cm³/mol. The van der Waals surface area contributed by atoms with Crippen molar-refractivity contribution in [3.63, 3.8) is 0 Å². The molecule has 2 N–H and O–H groups in total. The standard InChI is InChI=1S/C7H12NO2.C7H9NO2.3ClH.Cr.H2O/c2*1-10-7(9)6-3-2-4-8-5-6;;;;;/h6H,2-5H2,1H3;2-4H,5H2,1H3,(H,8,9);3*1H;;1H2/q-1;;;;;+3;/p-4. The molecule has 7 nitrogen and oxygen atoms in total. The molecule has 2 heterocycles. The van der Waals surface area contributed by atoms with E-state index < -0.39 is 11.4 Å². The number of ether oxygens (including phenoxy) is 2. The van der Waals surface area contributed by atoms with E-state index in [4.69, 9.17) is 30.1 Å². The third-order valence-electron chi connectivity index (χ3n) is 2.95. The number of carbonyl (C=O) groups excluding carboxylic acids is 2. The molecule has 11 heteroatoms. The Balaban J connectivity index is 0. The molecule has 1 saturated heterocycles. The van der Waals surface area contributed by atoms with Crippen molar-refractivity contribution in [2.75, 3.05) is 33.9 Å². The van der Waals surface area contributed by atoms with Gasteiger partial charge in [0.05, 0.1) is 14.2 Å². The van der Waals surface area contributed by atoms with Gasteiger partial charge in [0.2, 0.25) is 0 Å². The first kappa shape index (κ1) is 26.8. The Morgan fingerprint density at radius 2 is 1.88 bits per heavy atom. The number of hydrogen-bond acceptors (Lipinski definition) is 4. The molecule has 0 aromatic carbocycles. The summed E-state index contributed by atoms with van der Waals surface area (Å²) >= 11 is -1.62. The molecule has 0 aromatic heterocycles. The van der Waals surface area contributed by atoms with Crippen molar-refractivity contribution in [3.05, 3.63) is 34.6 Å². The zero-order chi connectivity index (χ0) is 18.4. The van der Waals surface area contributed by atoms with E-state index in [1.54, 1.807) is 18.4 Å². The van der Waals surface area contributed by atoms with Crippen LogP contribution < -0.4 is 0 Å². The average Bonchev–Trinajstić information content (AvgIpc) is 2.62. The number of methoxy groups -OCH3 is 2. The molecule has 2 aliphatic rings. The van der Waals surface area contributed by atoms with Crippen LogP contribution in [0.25, 0.3) is 10.6 Å². The summed E-state index contributed by atoms with van der Waals surface area (Å²) in [5.41, 5.74) is 0.602. The topological polar surface area (TPSA) is 112 Å². The fraction of sp³-hybridized carbons (Fsp3) is 0.571. The molecule has 147 valence electrons. The van der Waals surface area contributed by atoms with Crippen molar-refractivity contribution in [2.24, 2.45) is 5.92 Å². The van der Waals surface area contributed by atoms with E-state index in [1.165, 1.54) is 14.2 Å². The molecule has 2 rings (SSSR count). The molecule has 0 aliphatic carbocycles. The van der Waals surface area contributed by atoms with E-state index in [-0.39, 0.29) is 23.3 Å². The molecule has 0 radical (unpaired) electrons. The van der Waals surface area contributed by atoms with E-state index in [0.717, 1.165) is 19.4 Å². The monoisotopic (exact) mass is 455 g/mol. The van der Waals surface area contributed by atoms with Crippen LogP contribution in [0.4, 0.5) is 0 Å². The quantitative estimate of drug-likeness (QED) is 0.594. The van der Waals surface area contributed by atoms with Crippen molar-refractivity contribution in [2.45, 2.75) is 12.8 Å². The van der Waals surface area contributed by atoms with Crippen LogP contribution in [0.15, 0.2) is 23.9 Å². The van der Waals surface area contributed by atoms with Gasteiger partial charge in [-0.2, -0.15) is 6.20 Å². The maximum atomic E-state index is 10.9. The number of allylic oxidation sites excluding steroid dienone is 2. The van der Waals surface area contributed by atoms with Crippen LogP contribution in [0.5, 0.6) is 0 Å². The fourth-order valence-corrected chi connectivity index (χ4v) is 1.83. The van der Waals surface area contributed by atoms with Gasteiger partial charge in [-0.25, -0.2) is 4.79 Å². The molecule has 1 fully saturated rings. The van der Waals surface area contributed by atoms with Gasteiger partial charge in [-0.15, -0.1) is 13.1 Å². The van der Waals surface area contributed by atoms with Crippen molar-refractivity contribution < 1.29 is 35.9 Å². The van der Waals surface area contributed by atoms with E-state index in [2.05, 4.69) is 20.1 Å². The number of halogens is 3.